The SMILES string of the molecule is CCCCC(CCC)(CCC)C(C)=O. The Morgan fingerprint density at radius 1 is 0.929 bits per heavy atom. The van der Waals surface area contributed by atoms with Crippen LogP contribution in [0.25, 0.3) is 0 Å². The van der Waals surface area contributed by atoms with Crippen LogP contribution in [0.2, 0.25) is 0 Å². The molecule has 0 N–H and O–H groups in total. The zero-order valence-corrected chi connectivity index (χ0v) is 10.4. The first kappa shape index (κ1) is 13.7. The number of ketones is 1. The van der Waals surface area contributed by atoms with E-state index in [0.29, 0.717) is 5.78 Å². The first-order chi connectivity index (χ1) is 6.63. The Labute approximate surface area is 89.3 Å². The number of carbonyl (C=O) groups excluding carboxylic acids is 1. The van der Waals surface area contributed by atoms with Crippen LogP contribution in [-0.4, -0.2) is 5.78 Å². The third-order valence-corrected chi connectivity index (χ3v) is 3.21. The average molecular weight is 198 g/mol. The van der Waals surface area contributed by atoms with Crippen LogP contribution in [0.1, 0.15) is 72.6 Å². The summed E-state index contributed by atoms with van der Waals surface area (Å²) in [5.74, 6) is 0.412. The number of unbranched alkanes of at least 4 members (excludes halogenated alkanes) is 1. The van der Waals surface area contributed by atoms with E-state index < -0.39 is 0 Å². The van der Waals surface area contributed by atoms with Crippen molar-refractivity contribution in [1.82, 2.24) is 0 Å². The molecule has 14 heavy (non-hydrogen) atoms. The minimum Gasteiger partial charge on any atom is -0.299 e. The van der Waals surface area contributed by atoms with Gasteiger partial charge in [0.05, 0.1) is 0 Å². The number of hydrogen-bond acceptors (Lipinski definition) is 1. The normalized spacial score (nSPS) is 11.7. The second-order valence-electron chi connectivity index (χ2n) is 4.44. The molecule has 0 heterocycles. The summed E-state index contributed by atoms with van der Waals surface area (Å²) in [5, 5.41) is 0. The molecule has 0 aromatic heterocycles. The summed E-state index contributed by atoms with van der Waals surface area (Å²) >= 11 is 0. The van der Waals surface area contributed by atoms with Gasteiger partial charge in [0.15, 0.2) is 0 Å². The van der Waals surface area contributed by atoms with Crippen molar-refractivity contribution in [3.8, 4) is 0 Å². The summed E-state index contributed by atoms with van der Waals surface area (Å²) in [6.45, 7) is 8.34. The highest BCUT2D eigenvalue weighted by atomic mass is 16.1. The van der Waals surface area contributed by atoms with E-state index in [4.69, 9.17) is 0 Å². The molecule has 1 nitrogen and oxygen atoms in total. The first-order valence-electron chi connectivity index (χ1n) is 6.14. The highest BCUT2D eigenvalue weighted by molar-refractivity contribution is 5.82. The van der Waals surface area contributed by atoms with Crippen molar-refractivity contribution in [2.75, 3.05) is 0 Å². The van der Waals surface area contributed by atoms with Gasteiger partial charge in [0.2, 0.25) is 0 Å². The molecule has 0 aliphatic rings. The lowest BCUT2D eigenvalue weighted by Gasteiger charge is -2.30. The number of hydrogen-bond donors (Lipinski definition) is 0. The predicted octanol–water partition coefficient (Wildman–Crippen LogP) is 4.35. The van der Waals surface area contributed by atoms with Crippen LogP contribution >= 0.6 is 0 Å². The molecule has 0 fully saturated rings. The molecule has 1 heteroatoms. The van der Waals surface area contributed by atoms with Gasteiger partial charge in [-0.25, -0.2) is 0 Å². The standard InChI is InChI=1S/C13H26O/c1-5-8-11-13(9-6-2,10-7-3)12(4)14/h5-11H2,1-4H3. The molecule has 0 aliphatic heterocycles. The molecule has 0 radical (unpaired) electrons. The topological polar surface area (TPSA) is 17.1 Å². The predicted molar refractivity (Wildman–Crippen MR) is 62.5 cm³/mol. The van der Waals surface area contributed by atoms with Gasteiger partial charge in [-0.2, -0.15) is 0 Å². The maximum atomic E-state index is 11.8. The molecule has 0 rings (SSSR count). The number of Topliss-reactive ketones (excluding diaryl/α,β-unsaturated/α-hetero) is 1. The van der Waals surface area contributed by atoms with Crippen molar-refractivity contribution in [1.29, 1.82) is 0 Å². The Morgan fingerprint density at radius 2 is 1.43 bits per heavy atom. The fourth-order valence-corrected chi connectivity index (χ4v) is 2.38. The van der Waals surface area contributed by atoms with E-state index in [1.165, 1.54) is 12.8 Å². The summed E-state index contributed by atoms with van der Waals surface area (Å²) in [6.07, 6.45) is 7.90. The zero-order chi connectivity index (χ0) is 11.0. The summed E-state index contributed by atoms with van der Waals surface area (Å²) in [5.41, 5.74) is 0.0134. The first-order valence-corrected chi connectivity index (χ1v) is 6.14. The monoisotopic (exact) mass is 198 g/mol. The third-order valence-electron chi connectivity index (χ3n) is 3.21. The van der Waals surface area contributed by atoms with Gasteiger partial charge in [0, 0.05) is 5.41 Å². The van der Waals surface area contributed by atoms with Gasteiger partial charge in [0.25, 0.3) is 0 Å². The zero-order valence-electron chi connectivity index (χ0n) is 10.4. The molecule has 0 saturated heterocycles. The van der Waals surface area contributed by atoms with E-state index in [1.807, 2.05) is 0 Å². The second kappa shape index (κ2) is 7.03. The molecule has 0 saturated carbocycles. The molecule has 0 unspecified atom stereocenters. The van der Waals surface area contributed by atoms with Crippen LogP contribution in [0.3, 0.4) is 0 Å². The lowest BCUT2D eigenvalue weighted by atomic mass is 9.72. The van der Waals surface area contributed by atoms with Gasteiger partial charge in [-0.3, -0.25) is 4.79 Å². The van der Waals surface area contributed by atoms with Crippen molar-refractivity contribution >= 4 is 5.78 Å². The van der Waals surface area contributed by atoms with E-state index in [0.717, 1.165) is 32.1 Å². The van der Waals surface area contributed by atoms with E-state index in [1.54, 1.807) is 6.92 Å². The molecule has 84 valence electrons. The average Bonchev–Trinajstić information content (AvgIpc) is 2.14. The van der Waals surface area contributed by atoms with Gasteiger partial charge < -0.3 is 0 Å². The van der Waals surface area contributed by atoms with E-state index in [-0.39, 0.29) is 5.41 Å². The largest absolute Gasteiger partial charge is 0.299 e. The number of carbonyl (C=O) groups is 1. The lowest BCUT2D eigenvalue weighted by molar-refractivity contribution is -0.128. The van der Waals surface area contributed by atoms with Crippen LogP contribution in [0, 0.1) is 5.41 Å². The maximum absolute atomic E-state index is 11.8. The van der Waals surface area contributed by atoms with Crippen LogP contribution < -0.4 is 0 Å². The van der Waals surface area contributed by atoms with Crippen LogP contribution in [0.5, 0.6) is 0 Å². The summed E-state index contributed by atoms with van der Waals surface area (Å²) in [7, 11) is 0. The summed E-state index contributed by atoms with van der Waals surface area (Å²) < 4.78 is 0. The molecule has 0 aliphatic carbocycles. The lowest BCUT2D eigenvalue weighted by Crippen LogP contribution is -2.29. The Balaban J connectivity index is 4.46. The van der Waals surface area contributed by atoms with Crippen LogP contribution in [0.4, 0.5) is 0 Å². The molecule has 0 aromatic carbocycles. The highest BCUT2D eigenvalue weighted by Crippen LogP contribution is 2.36. The minimum atomic E-state index is 0.0134. The Kier molecular flexibility index (Phi) is 6.86. The van der Waals surface area contributed by atoms with Crippen molar-refractivity contribution in [3.05, 3.63) is 0 Å². The molecular formula is C13H26O. The minimum absolute atomic E-state index is 0.0134. The Morgan fingerprint density at radius 3 is 1.71 bits per heavy atom. The fourth-order valence-electron chi connectivity index (χ4n) is 2.38. The molecule has 0 aromatic rings. The summed E-state index contributed by atoms with van der Waals surface area (Å²) in [4.78, 5) is 11.8. The van der Waals surface area contributed by atoms with Gasteiger partial charge in [-0.1, -0.05) is 46.5 Å². The van der Waals surface area contributed by atoms with Crippen molar-refractivity contribution in [3.63, 3.8) is 0 Å². The molecule has 0 bridgehead atoms. The molecular weight excluding hydrogens is 172 g/mol. The fraction of sp³-hybridized carbons (Fsp3) is 0.923. The quantitative estimate of drug-likeness (QED) is 0.566. The van der Waals surface area contributed by atoms with E-state index in [2.05, 4.69) is 20.8 Å². The Bertz CT molecular complexity index is 155. The smallest absolute Gasteiger partial charge is 0.135 e. The van der Waals surface area contributed by atoms with Gasteiger partial charge >= 0.3 is 0 Å². The van der Waals surface area contributed by atoms with Crippen LogP contribution in [-0.2, 0) is 4.79 Å². The Hall–Kier alpha value is -0.330. The van der Waals surface area contributed by atoms with E-state index >= 15 is 0 Å². The highest BCUT2D eigenvalue weighted by Gasteiger charge is 2.32. The maximum Gasteiger partial charge on any atom is 0.135 e. The summed E-state index contributed by atoms with van der Waals surface area (Å²) in [6, 6.07) is 0. The van der Waals surface area contributed by atoms with Crippen molar-refractivity contribution < 1.29 is 4.79 Å². The van der Waals surface area contributed by atoms with Crippen LogP contribution in [0.15, 0.2) is 0 Å². The van der Waals surface area contributed by atoms with Crippen molar-refractivity contribution in [2.24, 2.45) is 5.41 Å². The number of rotatable bonds is 8. The second-order valence-corrected chi connectivity index (χ2v) is 4.44. The van der Waals surface area contributed by atoms with Gasteiger partial charge in [-0.15, -0.1) is 0 Å². The van der Waals surface area contributed by atoms with Gasteiger partial charge in [-0.05, 0) is 26.2 Å². The third kappa shape index (κ3) is 3.81. The molecule has 0 amide bonds. The van der Waals surface area contributed by atoms with Crippen molar-refractivity contribution in [2.45, 2.75) is 72.6 Å². The van der Waals surface area contributed by atoms with Gasteiger partial charge in [0.1, 0.15) is 5.78 Å². The molecule has 0 spiro atoms. The molecule has 0 atom stereocenters. The van der Waals surface area contributed by atoms with E-state index in [9.17, 15) is 4.79 Å².